The summed E-state index contributed by atoms with van der Waals surface area (Å²) < 4.78 is 1.79. The van der Waals surface area contributed by atoms with Gasteiger partial charge in [0.15, 0.2) is 5.78 Å². The third-order valence-electron chi connectivity index (χ3n) is 3.87. The molecule has 0 aliphatic rings. The van der Waals surface area contributed by atoms with Crippen molar-refractivity contribution in [2.75, 3.05) is 0 Å². The van der Waals surface area contributed by atoms with Crippen molar-refractivity contribution in [2.24, 2.45) is 0 Å². The molecule has 0 aliphatic heterocycles. The van der Waals surface area contributed by atoms with Crippen LogP contribution in [0, 0.1) is 34.6 Å². The average Bonchev–Trinajstić information content (AvgIpc) is 2.60. The smallest absolute Gasteiger partial charge is 0.184 e. The van der Waals surface area contributed by atoms with E-state index in [2.05, 4.69) is 5.10 Å². The van der Waals surface area contributed by atoms with Crippen molar-refractivity contribution in [3.8, 4) is 0 Å². The fourth-order valence-corrected chi connectivity index (χ4v) is 2.08. The van der Waals surface area contributed by atoms with Crippen molar-refractivity contribution < 1.29 is 4.79 Å². The van der Waals surface area contributed by atoms with Gasteiger partial charge in [0.1, 0.15) is 6.54 Å². The van der Waals surface area contributed by atoms with Crippen molar-refractivity contribution in [1.29, 1.82) is 0 Å². The molecule has 0 spiro atoms. The van der Waals surface area contributed by atoms with Gasteiger partial charge in [-0.25, -0.2) is 0 Å². The van der Waals surface area contributed by atoms with Gasteiger partial charge in [0.2, 0.25) is 0 Å². The Balaban J connectivity index is 2.25. The Bertz CT molecular complexity index is 638. The maximum absolute atomic E-state index is 12.3. The van der Waals surface area contributed by atoms with Crippen LogP contribution in [0.5, 0.6) is 0 Å². The SMILES string of the molecule is Cc1ccc(C(=O)Cn2nc(C)c(C)c2C)cc1C. The molecule has 0 saturated heterocycles. The third-order valence-corrected chi connectivity index (χ3v) is 3.87. The van der Waals surface area contributed by atoms with Crippen LogP contribution in [0.25, 0.3) is 0 Å². The van der Waals surface area contributed by atoms with Crippen LogP contribution in [-0.4, -0.2) is 15.6 Å². The molecule has 0 amide bonds. The fraction of sp³-hybridized carbons (Fsp3) is 0.375. The predicted octanol–water partition coefficient (Wildman–Crippen LogP) is 3.31. The third kappa shape index (κ3) is 2.60. The van der Waals surface area contributed by atoms with Crippen LogP contribution < -0.4 is 0 Å². The second-order valence-electron chi connectivity index (χ2n) is 5.18. The zero-order valence-electron chi connectivity index (χ0n) is 12.2. The Morgan fingerprint density at radius 3 is 2.32 bits per heavy atom. The molecule has 3 heteroatoms. The Hall–Kier alpha value is -1.90. The minimum atomic E-state index is 0.105. The second kappa shape index (κ2) is 5.00. The first-order chi connectivity index (χ1) is 8.90. The maximum Gasteiger partial charge on any atom is 0.184 e. The van der Waals surface area contributed by atoms with Gasteiger partial charge in [-0.2, -0.15) is 5.10 Å². The first-order valence-electron chi connectivity index (χ1n) is 6.51. The lowest BCUT2D eigenvalue weighted by Gasteiger charge is -2.06. The van der Waals surface area contributed by atoms with Crippen LogP contribution in [0.4, 0.5) is 0 Å². The summed E-state index contributed by atoms with van der Waals surface area (Å²) in [6.45, 7) is 10.4. The highest BCUT2D eigenvalue weighted by atomic mass is 16.1. The normalized spacial score (nSPS) is 10.8. The van der Waals surface area contributed by atoms with Crippen LogP contribution in [0.2, 0.25) is 0 Å². The molecule has 0 radical (unpaired) electrons. The Morgan fingerprint density at radius 2 is 1.79 bits per heavy atom. The van der Waals surface area contributed by atoms with E-state index in [1.54, 1.807) is 4.68 Å². The molecule has 2 aromatic rings. The summed E-state index contributed by atoms with van der Waals surface area (Å²) in [5, 5.41) is 4.41. The number of rotatable bonds is 3. The molecule has 1 aromatic heterocycles. The molecular weight excluding hydrogens is 236 g/mol. The monoisotopic (exact) mass is 256 g/mol. The zero-order chi connectivity index (χ0) is 14.2. The molecule has 0 atom stereocenters. The van der Waals surface area contributed by atoms with E-state index in [9.17, 15) is 4.79 Å². The van der Waals surface area contributed by atoms with Gasteiger partial charge in [-0.3, -0.25) is 9.48 Å². The van der Waals surface area contributed by atoms with Crippen molar-refractivity contribution in [3.05, 3.63) is 51.8 Å². The van der Waals surface area contributed by atoms with Gasteiger partial charge >= 0.3 is 0 Å². The quantitative estimate of drug-likeness (QED) is 0.790. The number of hydrogen-bond donors (Lipinski definition) is 0. The van der Waals surface area contributed by atoms with Crippen molar-refractivity contribution in [3.63, 3.8) is 0 Å². The second-order valence-corrected chi connectivity index (χ2v) is 5.18. The highest BCUT2D eigenvalue weighted by Crippen LogP contribution is 2.14. The molecule has 0 unspecified atom stereocenters. The number of ketones is 1. The first-order valence-corrected chi connectivity index (χ1v) is 6.51. The molecule has 1 heterocycles. The van der Waals surface area contributed by atoms with E-state index >= 15 is 0 Å². The average molecular weight is 256 g/mol. The Morgan fingerprint density at radius 1 is 1.11 bits per heavy atom. The number of Topliss-reactive ketones (excluding diaryl/α,β-unsaturated/α-hetero) is 1. The van der Waals surface area contributed by atoms with E-state index in [-0.39, 0.29) is 5.78 Å². The molecule has 0 saturated carbocycles. The van der Waals surface area contributed by atoms with E-state index in [1.165, 1.54) is 5.56 Å². The van der Waals surface area contributed by atoms with Gasteiger partial charge in [-0.05, 0) is 57.4 Å². The fourth-order valence-electron chi connectivity index (χ4n) is 2.08. The summed E-state index contributed by atoms with van der Waals surface area (Å²) in [5.41, 5.74) is 6.33. The van der Waals surface area contributed by atoms with Gasteiger partial charge in [-0.15, -0.1) is 0 Å². The molecule has 1 aromatic carbocycles. The van der Waals surface area contributed by atoms with E-state index in [0.717, 1.165) is 28.1 Å². The number of aryl methyl sites for hydroxylation is 3. The number of benzene rings is 1. The molecule has 0 bridgehead atoms. The summed E-state index contributed by atoms with van der Waals surface area (Å²) in [5.74, 6) is 0.105. The summed E-state index contributed by atoms with van der Waals surface area (Å²) in [7, 11) is 0. The van der Waals surface area contributed by atoms with Crippen molar-refractivity contribution in [2.45, 2.75) is 41.2 Å². The molecule has 0 aliphatic carbocycles. The predicted molar refractivity (Wildman–Crippen MR) is 76.7 cm³/mol. The minimum absolute atomic E-state index is 0.105. The van der Waals surface area contributed by atoms with Crippen molar-refractivity contribution >= 4 is 5.78 Å². The Labute approximate surface area is 114 Å². The minimum Gasteiger partial charge on any atom is -0.292 e. The number of nitrogens with zero attached hydrogens (tertiary/aromatic N) is 2. The van der Waals surface area contributed by atoms with Crippen molar-refractivity contribution in [1.82, 2.24) is 9.78 Å². The molecule has 100 valence electrons. The van der Waals surface area contributed by atoms with Gasteiger partial charge in [0.05, 0.1) is 5.69 Å². The Kier molecular flexibility index (Phi) is 3.56. The molecule has 3 nitrogen and oxygen atoms in total. The number of carbonyl (C=O) groups is 1. The zero-order valence-corrected chi connectivity index (χ0v) is 12.2. The van der Waals surface area contributed by atoms with Crippen LogP contribution in [0.15, 0.2) is 18.2 Å². The number of aromatic nitrogens is 2. The van der Waals surface area contributed by atoms with E-state index in [0.29, 0.717) is 6.54 Å². The summed E-state index contributed by atoms with van der Waals surface area (Å²) >= 11 is 0. The summed E-state index contributed by atoms with van der Waals surface area (Å²) in [4.78, 5) is 12.3. The van der Waals surface area contributed by atoms with Gasteiger partial charge in [0.25, 0.3) is 0 Å². The lowest BCUT2D eigenvalue weighted by Crippen LogP contribution is -2.13. The lowest BCUT2D eigenvalue weighted by molar-refractivity contribution is 0.0966. The lowest BCUT2D eigenvalue weighted by atomic mass is 10.0. The largest absolute Gasteiger partial charge is 0.292 e. The highest BCUT2D eigenvalue weighted by molar-refractivity contribution is 5.96. The molecular formula is C16H20N2O. The summed E-state index contributed by atoms with van der Waals surface area (Å²) in [6, 6.07) is 5.84. The van der Waals surface area contributed by atoms with E-state index < -0.39 is 0 Å². The van der Waals surface area contributed by atoms with Gasteiger partial charge < -0.3 is 0 Å². The molecule has 2 rings (SSSR count). The van der Waals surface area contributed by atoms with E-state index in [1.807, 2.05) is 52.8 Å². The highest BCUT2D eigenvalue weighted by Gasteiger charge is 2.12. The van der Waals surface area contributed by atoms with Crippen LogP contribution >= 0.6 is 0 Å². The standard InChI is InChI=1S/C16H20N2O/c1-10-6-7-15(8-11(10)2)16(19)9-18-14(5)12(3)13(4)17-18/h6-8H,9H2,1-5H3. The molecule has 0 fully saturated rings. The number of carbonyl (C=O) groups excluding carboxylic acids is 1. The van der Waals surface area contributed by atoms with Crippen LogP contribution in [0.1, 0.15) is 38.4 Å². The maximum atomic E-state index is 12.3. The van der Waals surface area contributed by atoms with Gasteiger partial charge in [0, 0.05) is 11.3 Å². The molecule has 19 heavy (non-hydrogen) atoms. The first kappa shape index (κ1) is 13.5. The summed E-state index contributed by atoms with van der Waals surface area (Å²) in [6.07, 6.45) is 0. The van der Waals surface area contributed by atoms with E-state index in [4.69, 9.17) is 0 Å². The van der Waals surface area contributed by atoms with Gasteiger partial charge in [-0.1, -0.05) is 12.1 Å². The van der Waals surface area contributed by atoms with Crippen LogP contribution in [0.3, 0.4) is 0 Å². The number of hydrogen-bond acceptors (Lipinski definition) is 2. The topological polar surface area (TPSA) is 34.9 Å². The molecule has 0 N–H and O–H groups in total. The van der Waals surface area contributed by atoms with Crippen LogP contribution in [-0.2, 0) is 6.54 Å².